The maximum Gasteiger partial charge on any atom is 0.0404 e. The number of halogens is 1. The molecule has 0 aromatic carbocycles. The van der Waals surface area contributed by atoms with Crippen LogP contribution in [-0.4, -0.2) is 16.4 Å². The lowest BCUT2D eigenvalue weighted by Crippen LogP contribution is -2.07. The molecule has 0 rings (SSSR count). The van der Waals surface area contributed by atoms with E-state index in [9.17, 15) is 0 Å². The second-order valence-corrected chi connectivity index (χ2v) is 5.20. The third kappa shape index (κ3) is 8.38. The van der Waals surface area contributed by atoms with Gasteiger partial charge >= 0.3 is 0 Å². The average Bonchev–Trinajstić information content (AvgIpc) is 1.78. The van der Waals surface area contributed by atoms with Crippen LogP contribution in [0.5, 0.6) is 0 Å². The zero-order chi connectivity index (χ0) is 8.04. The van der Waals surface area contributed by atoms with Gasteiger partial charge in [0.2, 0.25) is 0 Å². The zero-order valence-electron chi connectivity index (χ0n) is 6.86. The van der Waals surface area contributed by atoms with E-state index in [-0.39, 0.29) is 0 Å². The van der Waals surface area contributed by atoms with Gasteiger partial charge in [-0.2, -0.15) is 11.8 Å². The van der Waals surface area contributed by atoms with E-state index in [1.807, 2.05) is 17.8 Å². The summed E-state index contributed by atoms with van der Waals surface area (Å²) >= 11 is 7.38. The summed E-state index contributed by atoms with van der Waals surface area (Å²) in [7, 11) is 0. The van der Waals surface area contributed by atoms with Crippen LogP contribution in [0.15, 0.2) is 12.2 Å². The van der Waals surface area contributed by atoms with Crippen LogP contribution in [0, 0.1) is 0 Å². The summed E-state index contributed by atoms with van der Waals surface area (Å²) in [6.45, 7) is 6.64. The fraction of sp³-hybridized carbons (Fsp3) is 0.750. The maximum atomic E-state index is 5.46. The van der Waals surface area contributed by atoms with Crippen molar-refractivity contribution >= 4 is 23.4 Å². The number of allylic oxidation sites excluding steroid dienone is 1. The van der Waals surface area contributed by atoms with Crippen molar-refractivity contribution in [2.24, 2.45) is 0 Å². The lowest BCUT2D eigenvalue weighted by Gasteiger charge is -2.15. The molecule has 0 aliphatic heterocycles. The lowest BCUT2D eigenvalue weighted by molar-refractivity contribution is 0.804. The van der Waals surface area contributed by atoms with Crippen LogP contribution in [0.1, 0.15) is 20.8 Å². The minimum atomic E-state index is 0.372. The van der Waals surface area contributed by atoms with Gasteiger partial charge in [-0.15, -0.1) is 11.6 Å². The van der Waals surface area contributed by atoms with Gasteiger partial charge in [0.1, 0.15) is 0 Å². The predicted octanol–water partition coefficient (Wildman–Crippen LogP) is 3.31. The minimum absolute atomic E-state index is 0.372. The molecule has 0 heterocycles. The quantitative estimate of drug-likeness (QED) is 0.472. The Morgan fingerprint density at radius 2 is 1.90 bits per heavy atom. The Morgan fingerprint density at radius 1 is 1.30 bits per heavy atom. The molecule has 0 spiro atoms. The Labute approximate surface area is 73.0 Å². The number of alkyl halides is 1. The van der Waals surface area contributed by atoms with E-state index in [1.165, 1.54) is 0 Å². The van der Waals surface area contributed by atoms with E-state index in [0.717, 1.165) is 5.75 Å². The van der Waals surface area contributed by atoms with Gasteiger partial charge in [0, 0.05) is 16.4 Å². The summed E-state index contributed by atoms with van der Waals surface area (Å²) in [5.41, 5.74) is 0. The second kappa shape index (κ2) is 5.09. The van der Waals surface area contributed by atoms with Crippen LogP contribution in [0.25, 0.3) is 0 Å². The summed E-state index contributed by atoms with van der Waals surface area (Å²) in [4.78, 5) is 0. The van der Waals surface area contributed by atoms with Crippen LogP contribution < -0.4 is 0 Å². The molecule has 0 amide bonds. The van der Waals surface area contributed by atoms with E-state index in [2.05, 4.69) is 26.8 Å². The molecule has 0 saturated carbocycles. The van der Waals surface area contributed by atoms with Crippen molar-refractivity contribution < 1.29 is 0 Å². The average molecular weight is 179 g/mol. The molecular weight excluding hydrogens is 164 g/mol. The summed E-state index contributed by atoms with van der Waals surface area (Å²) in [6, 6.07) is 0. The number of thioether (sulfide) groups is 1. The Morgan fingerprint density at radius 3 is 2.30 bits per heavy atom. The molecule has 0 nitrogen and oxygen atoms in total. The molecule has 2 heteroatoms. The summed E-state index contributed by atoms with van der Waals surface area (Å²) < 4.78 is 0.372. The van der Waals surface area contributed by atoms with E-state index in [1.54, 1.807) is 0 Å². The Kier molecular flexibility index (Phi) is 5.28. The number of rotatable bonds is 3. The Balaban J connectivity index is 3.28. The van der Waals surface area contributed by atoms with Crippen LogP contribution in [0.2, 0.25) is 0 Å². The standard InChI is InChI=1S/C8H15ClS/c1-8(2,3)10-7-5-4-6-9/h4-5H,6-7H2,1-3H3. The summed E-state index contributed by atoms with van der Waals surface area (Å²) in [5, 5.41) is 0. The molecule has 0 fully saturated rings. The maximum absolute atomic E-state index is 5.46. The van der Waals surface area contributed by atoms with E-state index >= 15 is 0 Å². The van der Waals surface area contributed by atoms with Crippen molar-refractivity contribution in [2.75, 3.05) is 11.6 Å². The molecule has 0 radical (unpaired) electrons. The van der Waals surface area contributed by atoms with Gasteiger partial charge in [-0.25, -0.2) is 0 Å². The number of hydrogen-bond acceptors (Lipinski definition) is 1. The van der Waals surface area contributed by atoms with E-state index in [0.29, 0.717) is 10.6 Å². The van der Waals surface area contributed by atoms with E-state index in [4.69, 9.17) is 11.6 Å². The number of hydrogen-bond donors (Lipinski definition) is 0. The highest BCUT2D eigenvalue weighted by molar-refractivity contribution is 8.00. The molecule has 0 aromatic heterocycles. The topological polar surface area (TPSA) is 0 Å². The Hall–Kier alpha value is 0.380. The molecule has 0 bridgehead atoms. The van der Waals surface area contributed by atoms with Crippen molar-refractivity contribution in [1.29, 1.82) is 0 Å². The molecule has 10 heavy (non-hydrogen) atoms. The van der Waals surface area contributed by atoms with Crippen LogP contribution in [0.3, 0.4) is 0 Å². The highest BCUT2D eigenvalue weighted by atomic mass is 35.5. The highest BCUT2D eigenvalue weighted by Crippen LogP contribution is 2.22. The molecule has 0 N–H and O–H groups in total. The van der Waals surface area contributed by atoms with Gasteiger partial charge < -0.3 is 0 Å². The molecular formula is C8H15ClS. The summed E-state index contributed by atoms with van der Waals surface area (Å²) in [6.07, 6.45) is 4.10. The van der Waals surface area contributed by atoms with Crippen molar-refractivity contribution in [3.63, 3.8) is 0 Å². The van der Waals surface area contributed by atoms with Crippen molar-refractivity contribution in [1.82, 2.24) is 0 Å². The first-order valence-corrected chi connectivity index (χ1v) is 4.93. The third-order valence-corrected chi connectivity index (χ3v) is 2.27. The zero-order valence-corrected chi connectivity index (χ0v) is 8.43. The van der Waals surface area contributed by atoms with Crippen LogP contribution in [0.4, 0.5) is 0 Å². The van der Waals surface area contributed by atoms with Gasteiger partial charge in [-0.3, -0.25) is 0 Å². The largest absolute Gasteiger partial charge is 0.152 e. The predicted molar refractivity (Wildman–Crippen MR) is 52.1 cm³/mol. The first kappa shape index (κ1) is 10.4. The SMILES string of the molecule is CC(C)(C)SCC=CCCl. The molecule has 0 atom stereocenters. The molecule has 0 aromatic rings. The third-order valence-electron chi connectivity index (χ3n) is 0.868. The molecule has 0 unspecified atom stereocenters. The first-order valence-electron chi connectivity index (χ1n) is 3.41. The molecule has 60 valence electrons. The van der Waals surface area contributed by atoms with Crippen LogP contribution >= 0.6 is 23.4 Å². The van der Waals surface area contributed by atoms with Gasteiger partial charge in [0.25, 0.3) is 0 Å². The van der Waals surface area contributed by atoms with Crippen molar-refractivity contribution in [2.45, 2.75) is 25.5 Å². The van der Waals surface area contributed by atoms with Crippen molar-refractivity contribution in [3.05, 3.63) is 12.2 Å². The first-order chi connectivity index (χ1) is 4.56. The molecule has 0 aliphatic rings. The van der Waals surface area contributed by atoms with Crippen LogP contribution in [-0.2, 0) is 0 Å². The Bertz CT molecular complexity index is 102. The monoisotopic (exact) mass is 178 g/mol. The van der Waals surface area contributed by atoms with Gasteiger partial charge in [0.05, 0.1) is 0 Å². The lowest BCUT2D eigenvalue weighted by atomic mass is 10.3. The fourth-order valence-electron chi connectivity index (χ4n) is 0.429. The van der Waals surface area contributed by atoms with Gasteiger partial charge in [-0.1, -0.05) is 32.9 Å². The van der Waals surface area contributed by atoms with Crippen molar-refractivity contribution in [3.8, 4) is 0 Å². The second-order valence-electron chi connectivity index (χ2n) is 3.05. The van der Waals surface area contributed by atoms with E-state index < -0.39 is 0 Å². The highest BCUT2D eigenvalue weighted by Gasteiger charge is 2.07. The smallest absolute Gasteiger partial charge is 0.0404 e. The summed E-state index contributed by atoms with van der Waals surface area (Å²) in [5.74, 6) is 1.70. The van der Waals surface area contributed by atoms with Gasteiger partial charge in [0.15, 0.2) is 0 Å². The minimum Gasteiger partial charge on any atom is -0.152 e. The molecule has 0 aliphatic carbocycles. The van der Waals surface area contributed by atoms with Gasteiger partial charge in [-0.05, 0) is 0 Å². The normalized spacial score (nSPS) is 12.8. The fourth-order valence-corrected chi connectivity index (χ4v) is 1.29. The molecule has 0 saturated heterocycles.